The first-order valence-electron chi connectivity index (χ1n) is 8.91. The quantitative estimate of drug-likeness (QED) is 0.923. The molecule has 1 aliphatic heterocycles. The first-order valence-corrected chi connectivity index (χ1v) is 8.91. The van der Waals surface area contributed by atoms with Crippen molar-refractivity contribution in [2.24, 2.45) is 0 Å². The SMILES string of the molecule is Cc1ccc(C(=O)NCC2(c3ccc4c(c3)OCCO4)CCCC2)o1. The Morgan fingerprint density at radius 1 is 1.08 bits per heavy atom. The van der Waals surface area contributed by atoms with Gasteiger partial charge >= 0.3 is 0 Å². The minimum atomic E-state index is -0.156. The Balaban J connectivity index is 1.54. The van der Waals surface area contributed by atoms with E-state index in [0.717, 1.165) is 30.1 Å². The maximum atomic E-state index is 12.4. The summed E-state index contributed by atoms with van der Waals surface area (Å²) in [5, 5.41) is 3.07. The first kappa shape index (κ1) is 16.1. The molecule has 0 spiro atoms. The first-order chi connectivity index (χ1) is 12.2. The molecule has 1 saturated carbocycles. The van der Waals surface area contributed by atoms with E-state index in [1.165, 1.54) is 18.4 Å². The predicted molar refractivity (Wildman–Crippen MR) is 93.4 cm³/mol. The van der Waals surface area contributed by atoms with Crippen LogP contribution in [0.1, 0.15) is 47.6 Å². The Bertz CT molecular complexity index is 774. The number of amides is 1. The highest BCUT2D eigenvalue weighted by atomic mass is 16.6. The number of furan rings is 1. The van der Waals surface area contributed by atoms with Gasteiger partial charge in [0.25, 0.3) is 5.91 Å². The minimum absolute atomic E-state index is 0.0485. The number of hydrogen-bond donors (Lipinski definition) is 1. The maximum absolute atomic E-state index is 12.4. The highest BCUT2D eigenvalue weighted by Crippen LogP contribution is 2.43. The number of ether oxygens (including phenoxy) is 2. The van der Waals surface area contributed by atoms with E-state index >= 15 is 0 Å². The number of benzene rings is 1. The topological polar surface area (TPSA) is 60.7 Å². The fourth-order valence-electron chi connectivity index (χ4n) is 3.89. The van der Waals surface area contributed by atoms with Gasteiger partial charge in [0.2, 0.25) is 0 Å². The molecule has 1 aromatic carbocycles. The molecule has 1 amide bonds. The molecule has 0 unspecified atom stereocenters. The van der Waals surface area contributed by atoms with Gasteiger partial charge in [0.1, 0.15) is 19.0 Å². The number of nitrogens with one attached hydrogen (secondary N) is 1. The number of aryl methyl sites for hydroxylation is 1. The molecule has 1 fully saturated rings. The Hall–Kier alpha value is -2.43. The summed E-state index contributed by atoms with van der Waals surface area (Å²) in [6.45, 7) is 3.61. The molecule has 1 N–H and O–H groups in total. The molecule has 4 rings (SSSR count). The summed E-state index contributed by atoms with van der Waals surface area (Å²) in [6, 6.07) is 9.71. The Labute approximate surface area is 147 Å². The molecule has 2 aliphatic rings. The van der Waals surface area contributed by atoms with Crippen LogP contribution < -0.4 is 14.8 Å². The van der Waals surface area contributed by atoms with Gasteiger partial charge in [0.15, 0.2) is 17.3 Å². The van der Waals surface area contributed by atoms with Crippen LogP contribution in [0.15, 0.2) is 34.7 Å². The number of rotatable bonds is 4. The van der Waals surface area contributed by atoms with Crippen molar-refractivity contribution in [2.75, 3.05) is 19.8 Å². The fraction of sp³-hybridized carbons (Fsp3) is 0.450. The molecule has 5 nitrogen and oxygen atoms in total. The highest BCUT2D eigenvalue weighted by molar-refractivity contribution is 5.91. The van der Waals surface area contributed by atoms with Gasteiger partial charge in [0, 0.05) is 12.0 Å². The van der Waals surface area contributed by atoms with Gasteiger partial charge in [-0.2, -0.15) is 0 Å². The number of fused-ring (bicyclic) bond motifs is 1. The zero-order valence-electron chi connectivity index (χ0n) is 14.5. The lowest BCUT2D eigenvalue weighted by Gasteiger charge is -2.31. The van der Waals surface area contributed by atoms with Crippen molar-refractivity contribution in [3.63, 3.8) is 0 Å². The molecule has 0 atom stereocenters. The van der Waals surface area contributed by atoms with Gasteiger partial charge in [-0.25, -0.2) is 0 Å². The van der Waals surface area contributed by atoms with Gasteiger partial charge in [-0.3, -0.25) is 4.79 Å². The summed E-state index contributed by atoms with van der Waals surface area (Å²) in [5.74, 6) is 2.57. The lowest BCUT2D eigenvalue weighted by molar-refractivity contribution is 0.0914. The van der Waals surface area contributed by atoms with Crippen molar-refractivity contribution >= 4 is 5.91 Å². The number of hydrogen-bond acceptors (Lipinski definition) is 4. The molecule has 1 aromatic heterocycles. The average Bonchev–Trinajstić information content (AvgIpc) is 3.29. The fourth-order valence-corrected chi connectivity index (χ4v) is 3.89. The molecule has 25 heavy (non-hydrogen) atoms. The molecule has 0 bridgehead atoms. The second-order valence-corrected chi connectivity index (χ2v) is 6.94. The van der Waals surface area contributed by atoms with E-state index in [0.29, 0.717) is 25.5 Å². The molecule has 0 radical (unpaired) electrons. The van der Waals surface area contributed by atoms with Crippen LogP contribution in [0.25, 0.3) is 0 Å². The third-order valence-electron chi connectivity index (χ3n) is 5.27. The van der Waals surface area contributed by atoms with Crippen molar-refractivity contribution < 1.29 is 18.7 Å². The molecule has 1 aliphatic carbocycles. The highest BCUT2D eigenvalue weighted by Gasteiger charge is 2.37. The van der Waals surface area contributed by atoms with Crippen molar-refractivity contribution in [2.45, 2.75) is 38.0 Å². The van der Waals surface area contributed by atoms with Gasteiger partial charge in [-0.1, -0.05) is 18.9 Å². The Morgan fingerprint density at radius 3 is 2.56 bits per heavy atom. The Morgan fingerprint density at radius 2 is 1.84 bits per heavy atom. The minimum Gasteiger partial charge on any atom is -0.486 e. The molecular formula is C20H23NO4. The van der Waals surface area contributed by atoms with Gasteiger partial charge in [-0.15, -0.1) is 0 Å². The number of carbonyl (C=O) groups excluding carboxylic acids is 1. The lowest BCUT2D eigenvalue weighted by Crippen LogP contribution is -2.39. The summed E-state index contributed by atoms with van der Waals surface area (Å²) >= 11 is 0. The third-order valence-corrected chi connectivity index (χ3v) is 5.27. The zero-order valence-corrected chi connectivity index (χ0v) is 14.5. The normalized spacial score (nSPS) is 18.1. The van der Waals surface area contributed by atoms with Crippen LogP contribution in [0.5, 0.6) is 11.5 Å². The van der Waals surface area contributed by atoms with Crippen LogP contribution in [0, 0.1) is 6.92 Å². The summed E-state index contributed by atoms with van der Waals surface area (Å²) in [6.07, 6.45) is 4.46. The lowest BCUT2D eigenvalue weighted by atomic mass is 9.78. The molecule has 0 saturated heterocycles. The van der Waals surface area contributed by atoms with Gasteiger partial charge < -0.3 is 19.2 Å². The largest absolute Gasteiger partial charge is 0.486 e. The second kappa shape index (κ2) is 6.47. The van der Waals surface area contributed by atoms with Crippen LogP contribution in [0.3, 0.4) is 0 Å². The van der Waals surface area contributed by atoms with E-state index in [2.05, 4.69) is 17.4 Å². The van der Waals surface area contributed by atoms with Crippen molar-refractivity contribution in [1.29, 1.82) is 0 Å². The smallest absolute Gasteiger partial charge is 0.287 e. The van der Waals surface area contributed by atoms with Crippen LogP contribution in [0.4, 0.5) is 0 Å². The van der Waals surface area contributed by atoms with Crippen LogP contribution in [-0.4, -0.2) is 25.7 Å². The summed E-state index contributed by atoms with van der Waals surface area (Å²) in [7, 11) is 0. The third kappa shape index (κ3) is 3.11. The van der Waals surface area contributed by atoms with Crippen LogP contribution >= 0.6 is 0 Å². The average molecular weight is 341 g/mol. The van der Waals surface area contributed by atoms with E-state index in [-0.39, 0.29) is 11.3 Å². The maximum Gasteiger partial charge on any atom is 0.287 e. The van der Waals surface area contributed by atoms with Crippen molar-refractivity contribution in [1.82, 2.24) is 5.32 Å². The zero-order chi connectivity index (χ0) is 17.3. The van der Waals surface area contributed by atoms with Crippen molar-refractivity contribution in [3.8, 4) is 11.5 Å². The van der Waals surface area contributed by atoms with Crippen LogP contribution in [0.2, 0.25) is 0 Å². The molecule has 2 aromatic rings. The van der Waals surface area contributed by atoms with E-state index in [9.17, 15) is 4.79 Å². The second-order valence-electron chi connectivity index (χ2n) is 6.94. The summed E-state index contributed by atoms with van der Waals surface area (Å²) in [5.41, 5.74) is 1.16. The van der Waals surface area contributed by atoms with E-state index in [1.54, 1.807) is 12.1 Å². The summed E-state index contributed by atoms with van der Waals surface area (Å²) < 4.78 is 16.8. The van der Waals surface area contributed by atoms with E-state index in [1.807, 2.05) is 13.0 Å². The van der Waals surface area contributed by atoms with Gasteiger partial charge in [0.05, 0.1) is 0 Å². The van der Waals surface area contributed by atoms with Crippen molar-refractivity contribution in [3.05, 3.63) is 47.4 Å². The molecule has 2 heterocycles. The van der Waals surface area contributed by atoms with E-state index in [4.69, 9.17) is 13.9 Å². The Kier molecular flexibility index (Phi) is 4.15. The standard InChI is InChI=1S/C20H23NO4/c1-14-4-6-17(25-14)19(22)21-13-20(8-2-3-9-20)15-5-7-16-18(12-15)24-11-10-23-16/h4-7,12H,2-3,8-11,13H2,1H3,(H,21,22). The molecule has 5 heteroatoms. The number of carbonyl (C=O) groups is 1. The van der Waals surface area contributed by atoms with E-state index < -0.39 is 0 Å². The van der Waals surface area contributed by atoms with Gasteiger partial charge in [-0.05, 0) is 49.6 Å². The van der Waals surface area contributed by atoms with Crippen LogP contribution in [-0.2, 0) is 5.41 Å². The molecule has 132 valence electrons. The predicted octanol–water partition coefficient (Wildman–Crippen LogP) is 3.60. The molecular weight excluding hydrogens is 318 g/mol. The summed E-state index contributed by atoms with van der Waals surface area (Å²) in [4.78, 5) is 12.4. The monoisotopic (exact) mass is 341 g/mol.